The molecule has 0 bridgehead atoms. The van der Waals surface area contributed by atoms with Gasteiger partial charge >= 0.3 is 0 Å². The Morgan fingerprint density at radius 2 is 2.50 bits per heavy atom. The molecule has 0 heterocycles. The molecule has 2 atom stereocenters. The summed E-state index contributed by atoms with van der Waals surface area (Å²) in [4.78, 5) is 0. The second-order valence-corrected chi connectivity index (χ2v) is 3.11. The summed E-state index contributed by atoms with van der Waals surface area (Å²) in [5.74, 6) is 0. The Hall–Kier alpha value is -0.820. The Balaban J connectivity index is 2.56. The molecule has 0 aromatic carbocycles. The molecule has 2 heteroatoms. The molecule has 0 fully saturated rings. The summed E-state index contributed by atoms with van der Waals surface area (Å²) < 4.78 is 0. The molecule has 2 nitrogen and oxygen atoms in total. The molecule has 0 radical (unpaired) electrons. The highest BCUT2D eigenvalue weighted by atomic mass is 16.3. The average molecular weight is 165 g/mol. The van der Waals surface area contributed by atoms with Crippen molar-refractivity contribution in [2.75, 3.05) is 0 Å². The molecule has 1 rings (SSSR count). The lowest BCUT2D eigenvalue weighted by atomic mass is 10.2. The van der Waals surface area contributed by atoms with Crippen LogP contribution in [0, 0.1) is 0 Å². The molecule has 0 spiro atoms. The van der Waals surface area contributed by atoms with E-state index in [-0.39, 0.29) is 6.04 Å². The van der Waals surface area contributed by atoms with Gasteiger partial charge in [-0.15, -0.1) is 5.73 Å². The van der Waals surface area contributed by atoms with Gasteiger partial charge in [-0.3, -0.25) is 5.32 Å². The highest BCUT2D eigenvalue weighted by Crippen LogP contribution is 2.05. The molecule has 1 aliphatic carbocycles. The van der Waals surface area contributed by atoms with Crippen molar-refractivity contribution in [3.05, 3.63) is 29.5 Å². The second-order valence-electron chi connectivity index (χ2n) is 3.11. The molecule has 0 aromatic heterocycles. The van der Waals surface area contributed by atoms with Crippen molar-refractivity contribution >= 4 is 0 Å². The van der Waals surface area contributed by atoms with Gasteiger partial charge in [0, 0.05) is 6.04 Å². The monoisotopic (exact) mass is 165 g/mol. The standard InChI is InChI=1S/C10H15NO/c1-8-4-3-5-10(7-6-8)11-9(2)12/h4-6,9-12H,7H2,1-2H3/t9-,10?/m1/s1. The molecular formula is C10H15NO. The van der Waals surface area contributed by atoms with E-state index in [0.29, 0.717) is 0 Å². The van der Waals surface area contributed by atoms with Gasteiger partial charge in [-0.05, 0) is 38.0 Å². The van der Waals surface area contributed by atoms with Gasteiger partial charge < -0.3 is 5.11 Å². The van der Waals surface area contributed by atoms with Crippen LogP contribution in [0.1, 0.15) is 20.3 Å². The highest BCUT2D eigenvalue weighted by Gasteiger charge is 2.05. The van der Waals surface area contributed by atoms with Crippen LogP contribution in [0.15, 0.2) is 29.5 Å². The first-order chi connectivity index (χ1) is 5.68. The molecule has 1 unspecified atom stereocenters. The molecule has 66 valence electrons. The number of aliphatic hydroxyl groups excluding tert-OH is 1. The van der Waals surface area contributed by atoms with E-state index in [2.05, 4.69) is 17.1 Å². The molecular weight excluding hydrogens is 150 g/mol. The average Bonchev–Trinajstić information content (AvgIpc) is 2.15. The van der Waals surface area contributed by atoms with Crippen LogP contribution in [0.2, 0.25) is 0 Å². The fraction of sp³-hybridized carbons (Fsp3) is 0.500. The minimum Gasteiger partial charge on any atom is -0.379 e. The van der Waals surface area contributed by atoms with Gasteiger partial charge in [0.2, 0.25) is 0 Å². The van der Waals surface area contributed by atoms with E-state index >= 15 is 0 Å². The normalized spacial score (nSPS) is 24.9. The Bertz CT molecular complexity index is 234. The van der Waals surface area contributed by atoms with Crippen molar-refractivity contribution in [1.29, 1.82) is 0 Å². The predicted molar refractivity (Wildman–Crippen MR) is 49.6 cm³/mol. The number of hydrogen-bond acceptors (Lipinski definition) is 2. The second kappa shape index (κ2) is 4.27. The largest absolute Gasteiger partial charge is 0.379 e. The Labute approximate surface area is 73.3 Å². The van der Waals surface area contributed by atoms with Gasteiger partial charge in [0.25, 0.3) is 0 Å². The van der Waals surface area contributed by atoms with Crippen LogP contribution in [-0.2, 0) is 0 Å². The summed E-state index contributed by atoms with van der Waals surface area (Å²) in [6.07, 6.45) is 6.49. The fourth-order valence-electron chi connectivity index (χ4n) is 1.16. The zero-order valence-electron chi connectivity index (χ0n) is 7.54. The predicted octanol–water partition coefficient (Wildman–Crippen LogP) is 1.34. The van der Waals surface area contributed by atoms with Crippen molar-refractivity contribution in [3.63, 3.8) is 0 Å². The summed E-state index contributed by atoms with van der Waals surface area (Å²) in [5.41, 5.74) is 4.28. The van der Waals surface area contributed by atoms with Gasteiger partial charge in [-0.1, -0.05) is 6.08 Å². The minimum atomic E-state index is -0.458. The summed E-state index contributed by atoms with van der Waals surface area (Å²) in [6, 6.07) is 0.207. The zero-order chi connectivity index (χ0) is 8.97. The van der Waals surface area contributed by atoms with Crippen molar-refractivity contribution in [1.82, 2.24) is 5.32 Å². The SMILES string of the molecule is CC1=CCC(N[C@@H](C)O)C=C=C1. The lowest BCUT2D eigenvalue weighted by Gasteiger charge is -2.13. The molecule has 2 N–H and O–H groups in total. The molecule has 1 aliphatic rings. The molecule has 0 aromatic rings. The fourth-order valence-corrected chi connectivity index (χ4v) is 1.16. The van der Waals surface area contributed by atoms with Crippen LogP contribution >= 0.6 is 0 Å². The molecule has 0 amide bonds. The van der Waals surface area contributed by atoms with Crippen molar-refractivity contribution in [2.24, 2.45) is 0 Å². The lowest BCUT2D eigenvalue weighted by Crippen LogP contribution is -2.34. The maximum atomic E-state index is 9.07. The molecule has 0 saturated carbocycles. The highest BCUT2D eigenvalue weighted by molar-refractivity contribution is 5.20. The Morgan fingerprint density at radius 3 is 3.17 bits per heavy atom. The van der Waals surface area contributed by atoms with E-state index in [1.54, 1.807) is 6.92 Å². The number of nitrogens with one attached hydrogen (secondary N) is 1. The van der Waals surface area contributed by atoms with E-state index < -0.39 is 6.23 Å². The molecule has 12 heavy (non-hydrogen) atoms. The van der Waals surface area contributed by atoms with E-state index in [9.17, 15) is 0 Å². The van der Waals surface area contributed by atoms with Crippen LogP contribution in [0.4, 0.5) is 0 Å². The third-order valence-corrected chi connectivity index (χ3v) is 1.76. The van der Waals surface area contributed by atoms with Crippen molar-refractivity contribution in [2.45, 2.75) is 32.5 Å². The Morgan fingerprint density at radius 1 is 1.75 bits per heavy atom. The summed E-state index contributed by atoms with van der Waals surface area (Å²) in [7, 11) is 0. The van der Waals surface area contributed by atoms with E-state index in [1.165, 1.54) is 5.57 Å². The summed E-state index contributed by atoms with van der Waals surface area (Å²) in [6.45, 7) is 3.77. The Kier molecular flexibility index (Phi) is 3.30. The molecule has 0 aliphatic heterocycles. The number of rotatable bonds is 2. The maximum absolute atomic E-state index is 9.07. The van der Waals surface area contributed by atoms with Crippen LogP contribution < -0.4 is 5.32 Å². The van der Waals surface area contributed by atoms with Crippen LogP contribution in [0.25, 0.3) is 0 Å². The number of allylic oxidation sites excluding steroid dienone is 1. The summed E-state index contributed by atoms with van der Waals surface area (Å²) >= 11 is 0. The van der Waals surface area contributed by atoms with Crippen LogP contribution in [0.5, 0.6) is 0 Å². The topological polar surface area (TPSA) is 32.3 Å². The quantitative estimate of drug-likeness (QED) is 0.478. The van der Waals surface area contributed by atoms with E-state index in [1.807, 2.05) is 19.1 Å². The van der Waals surface area contributed by atoms with Gasteiger partial charge in [-0.25, -0.2) is 0 Å². The first kappa shape index (κ1) is 9.27. The number of aliphatic hydroxyl groups is 1. The summed E-state index contributed by atoms with van der Waals surface area (Å²) in [5, 5.41) is 12.1. The first-order valence-electron chi connectivity index (χ1n) is 4.22. The van der Waals surface area contributed by atoms with E-state index in [4.69, 9.17) is 5.11 Å². The van der Waals surface area contributed by atoms with E-state index in [0.717, 1.165) is 6.42 Å². The third kappa shape index (κ3) is 3.05. The number of hydrogen-bond donors (Lipinski definition) is 2. The smallest absolute Gasteiger partial charge is 0.102 e. The maximum Gasteiger partial charge on any atom is 0.102 e. The third-order valence-electron chi connectivity index (χ3n) is 1.76. The van der Waals surface area contributed by atoms with Crippen molar-refractivity contribution < 1.29 is 5.11 Å². The molecule has 0 saturated heterocycles. The van der Waals surface area contributed by atoms with Crippen molar-refractivity contribution in [3.8, 4) is 0 Å². The van der Waals surface area contributed by atoms with Gasteiger partial charge in [0.15, 0.2) is 0 Å². The minimum absolute atomic E-state index is 0.207. The van der Waals surface area contributed by atoms with Gasteiger partial charge in [0.05, 0.1) is 0 Å². The van der Waals surface area contributed by atoms with Gasteiger partial charge in [0.1, 0.15) is 6.23 Å². The lowest BCUT2D eigenvalue weighted by molar-refractivity contribution is 0.148. The van der Waals surface area contributed by atoms with Crippen LogP contribution in [-0.4, -0.2) is 17.4 Å². The van der Waals surface area contributed by atoms with Crippen LogP contribution in [0.3, 0.4) is 0 Å². The first-order valence-corrected chi connectivity index (χ1v) is 4.22. The van der Waals surface area contributed by atoms with Gasteiger partial charge in [-0.2, -0.15) is 0 Å². The zero-order valence-corrected chi connectivity index (χ0v) is 7.54.